The summed E-state index contributed by atoms with van der Waals surface area (Å²) in [6.45, 7) is 8.30. The van der Waals surface area contributed by atoms with E-state index >= 15 is 0 Å². The second kappa shape index (κ2) is 6.46. The van der Waals surface area contributed by atoms with Gasteiger partial charge < -0.3 is 14.2 Å². The summed E-state index contributed by atoms with van der Waals surface area (Å²) >= 11 is 12.2. The van der Waals surface area contributed by atoms with E-state index in [2.05, 4.69) is 6.58 Å². The molecule has 0 N–H and O–H groups in total. The van der Waals surface area contributed by atoms with Crippen LogP contribution < -0.4 is 0 Å². The van der Waals surface area contributed by atoms with Crippen LogP contribution in [0.4, 0.5) is 0 Å². The number of ether oxygens (including phenoxy) is 3. The first-order valence-electron chi connectivity index (χ1n) is 6.42. The first kappa shape index (κ1) is 15.8. The zero-order valence-electron chi connectivity index (χ0n) is 11.6. The van der Waals surface area contributed by atoms with Crippen LogP contribution in [0.2, 0.25) is 10.0 Å². The van der Waals surface area contributed by atoms with E-state index in [0.717, 1.165) is 5.56 Å². The van der Waals surface area contributed by atoms with E-state index < -0.39 is 5.79 Å². The lowest BCUT2D eigenvalue weighted by atomic mass is 10.2. The predicted molar refractivity (Wildman–Crippen MR) is 80.1 cm³/mol. The third kappa shape index (κ3) is 3.74. The van der Waals surface area contributed by atoms with Crippen molar-refractivity contribution in [2.45, 2.75) is 38.4 Å². The Morgan fingerprint density at radius 2 is 2.10 bits per heavy atom. The summed E-state index contributed by atoms with van der Waals surface area (Å²) in [5.74, 6) is -0.586. The summed E-state index contributed by atoms with van der Waals surface area (Å²) < 4.78 is 17.1. The average Bonchev–Trinajstić information content (AvgIpc) is 2.73. The fourth-order valence-corrected chi connectivity index (χ4v) is 2.56. The standard InChI is InChI=1S/C15H18Cl2O3/c1-4-13(14-9-19-15(2,3)20-14)18-8-10-11(16)6-5-7-12(10)17/h4-7,13-14H,1,8-9H2,2-3H3/t13-,14+/m0/s1. The maximum Gasteiger partial charge on any atom is 0.163 e. The van der Waals surface area contributed by atoms with Gasteiger partial charge in [0.05, 0.1) is 13.2 Å². The van der Waals surface area contributed by atoms with Crippen molar-refractivity contribution in [2.75, 3.05) is 6.61 Å². The highest BCUT2D eigenvalue weighted by Gasteiger charge is 2.36. The fourth-order valence-electron chi connectivity index (χ4n) is 2.05. The lowest BCUT2D eigenvalue weighted by Crippen LogP contribution is -2.31. The van der Waals surface area contributed by atoms with Crippen molar-refractivity contribution in [2.24, 2.45) is 0 Å². The van der Waals surface area contributed by atoms with E-state index in [4.69, 9.17) is 37.4 Å². The number of rotatable bonds is 5. The maximum atomic E-state index is 6.11. The van der Waals surface area contributed by atoms with Gasteiger partial charge in [0.2, 0.25) is 0 Å². The lowest BCUT2D eigenvalue weighted by Gasteiger charge is -2.22. The molecule has 1 heterocycles. The second-order valence-corrected chi connectivity index (χ2v) is 5.89. The highest BCUT2D eigenvalue weighted by Crippen LogP contribution is 2.28. The number of hydrogen-bond acceptors (Lipinski definition) is 3. The molecular formula is C15H18Cl2O3. The van der Waals surface area contributed by atoms with Crippen LogP contribution >= 0.6 is 23.2 Å². The van der Waals surface area contributed by atoms with Gasteiger partial charge in [-0.05, 0) is 26.0 Å². The molecule has 0 saturated carbocycles. The third-order valence-corrected chi connectivity index (χ3v) is 3.82. The smallest absolute Gasteiger partial charge is 0.163 e. The SMILES string of the molecule is C=C[C@H](OCc1c(Cl)cccc1Cl)[C@H]1COC(C)(C)O1. The molecule has 2 atom stereocenters. The number of halogens is 2. The molecule has 0 unspecified atom stereocenters. The quantitative estimate of drug-likeness (QED) is 0.761. The van der Waals surface area contributed by atoms with Crippen LogP contribution in [0.5, 0.6) is 0 Å². The Balaban J connectivity index is 2.00. The van der Waals surface area contributed by atoms with Gasteiger partial charge in [-0.2, -0.15) is 0 Å². The van der Waals surface area contributed by atoms with Crippen LogP contribution in [-0.2, 0) is 20.8 Å². The zero-order valence-corrected chi connectivity index (χ0v) is 13.1. The molecule has 1 aliphatic heterocycles. The van der Waals surface area contributed by atoms with Crippen LogP contribution in [0.3, 0.4) is 0 Å². The minimum atomic E-state index is -0.586. The van der Waals surface area contributed by atoms with E-state index in [1.165, 1.54) is 0 Å². The molecule has 5 heteroatoms. The third-order valence-electron chi connectivity index (χ3n) is 3.11. The van der Waals surface area contributed by atoms with Gasteiger partial charge in [0, 0.05) is 15.6 Å². The van der Waals surface area contributed by atoms with E-state index in [1.807, 2.05) is 13.8 Å². The number of benzene rings is 1. The molecule has 20 heavy (non-hydrogen) atoms. The van der Waals surface area contributed by atoms with E-state index in [-0.39, 0.29) is 12.2 Å². The van der Waals surface area contributed by atoms with Crippen molar-refractivity contribution in [3.05, 3.63) is 46.5 Å². The van der Waals surface area contributed by atoms with Crippen LogP contribution in [0.1, 0.15) is 19.4 Å². The van der Waals surface area contributed by atoms with Crippen molar-refractivity contribution in [3.8, 4) is 0 Å². The Morgan fingerprint density at radius 3 is 2.60 bits per heavy atom. The van der Waals surface area contributed by atoms with Gasteiger partial charge in [0.1, 0.15) is 12.2 Å². The summed E-state index contributed by atoms with van der Waals surface area (Å²) in [5, 5.41) is 1.17. The molecule has 0 aromatic heterocycles. The first-order valence-corrected chi connectivity index (χ1v) is 7.17. The Morgan fingerprint density at radius 1 is 1.45 bits per heavy atom. The van der Waals surface area contributed by atoms with Gasteiger partial charge in [0.25, 0.3) is 0 Å². The molecule has 1 aromatic rings. The highest BCUT2D eigenvalue weighted by molar-refractivity contribution is 6.35. The van der Waals surface area contributed by atoms with E-state index in [9.17, 15) is 0 Å². The monoisotopic (exact) mass is 316 g/mol. The van der Waals surface area contributed by atoms with Crippen LogP contribution in [0.25, 0.3) is 0 Å². The van der Waals surface area contributed by atoms with Gasteiger partial charge in [-0.15, -0.1) is 6.58 Å². The van der Waals surface area contributed by atoms with E-state index in [1.54, 1.807) is 24.3 Å². The summed E-state index contributed by atoms with van der Waals surface area (Å²) in [4.78, 5) is 0. The Kier molecular flexibility index (Phi) is 5.10. The Hall–Kier alpha value is -0.580. The number of hydrogen-bond donors (Lipinski definition) is 0. The van der Waals surface area contributed by atoms with Gasteiger partial charge >= 0.3 is 0 Å². The highest BCUT2D eigenvalue weighted by atomic mass is 35.5. The maximum absolute atomic E-state index is 6.11. The molecule has 1 aliphatic rings. The van der Waals surface area contributed by atoms with Crippen LogP contribution in [0, 0.1) is 0 Å². The predicted octanol–water partition coefficient (Wildman–Crippen LogP) is 4.22. The van der Waals surface area contributed by atoms with Crippen molar-refractivity contribution >= 4 is 23.2 Å². The van der Waals surface area contributed by atoms with Crippen LogP contribution in [0.15, 0.2) is 30.9 Å². The summed E-state index contributed by atoms with van der Waals surface area (Å²) in [6.07, 6.45) is 1.26. The first-order chi connectivity index (χ1) is 9.43. The molecule has 3 nitrogen and oxygen atoms in total. The van der Waals surface area contributed by atoms with Crippen LogP contribution in [-0.4, -0.2) is 24.6 Å². The van der Waals surface area contributed by atoms with Gasteiger partial charge in [0.15, 0.2) is 5.79 Å². The van der Waals surface area contributed by atoms with Gasteiger partial charge in [-0.1, -0.05) is 35.3 Å². The zero-order chi connectivity index (χ0) is 14.8. The molecule has 1 aromatic carbocycles. The summed E-state index contributed by atoms with van der Waals surface area (Å²) in [6, 6.07) is 5.37. The fraction of sp³-hybridized carbons (Fsp3) is 0.467. The van der Waals surface area contributed by atoms with Crippen molar-refractivity contribution in [3.63, 3.8) is 0 Å². The molecule has 2 rings (SSSR count). The molecule has 0 amide bonds. The minimum absolute atomic E-state index is 0.177. The average molecular weight is 317 g/mol. The van der Waals surface area contributed by atoms with Gasteiger partial charge in [-0.25, -0.2) is 0 Å². The summed E-state index contributed by atoms with van der Waals surface area (Å²) in [5.41, 5.74) is 0.765. The largest absolute Gasteiger partial charge is 0.367 e. The Bertz CT molecular complexity index is 468. The van der Waals surface area contributed by atoms with Crippen molar-refractivity contribution in [1.82, 2.24) is 0 Å². The normalized spacial score (nSPS) is 22.7. The second-order valence-electron chi connectivity index (χ2n) is 5.08. The van der Waals surface area contributed by atoms with Crippen molar-refractivity contribution < 1.29 is 14.2 Å². The minimum Gasteiger partial charge on any atom is -0.367 e. The van der Waals surface area contributed by atoms with Gasteiger partial charge in [-0.3, -0.25) is 0 Å². The topological polar surface area (TPSA) is 27.7 Å². The molecule has 1 fully saturated rings. The molecule has 0 radical (unpaired) electrons. The molecule has 110 valence electrons. The molecular weight excluding hydrogens is 299 g/mol. The Labute approximate surface area is 129 Å². The van der Waals surface area contributed by atoms with E-state index in [0.29, 0.717) is 23.3 Å². The molecule has 0 bridgehead atoms. The lowest BCUT2D eigenvalue weighted by molar-refractivity contribution is -0.152. The summed E-state index contributed by atoms with van der Waals surface area (Å²) in [7, 11) is 0. The van der Waals surface area contributed by atoms with Crippen molar-refractivity contribution in [1.29, 1.82) is 0 Å². The molecule has 0 spiro atoms. The molecule has 1 saturated heterocycles. The molecule has 0 aliphatic carbocycles.